The van der Waals surface area contributed by atoms with E-state index < -0.39 is 0 Å². The van der Waals surface area contributed by atoms with Gasteiger partial charge in [-0.15, -0.1) is 11.3 Å². The van der Waals surface area contributed by atoms with Gasteiger partial charge in [0.15, 0.2) is 0 Å². The van der Waals surface area contributed by atoms with Crippen LogP contribution in [0, 0.1) is 0 Å². The van der Waals surface area contributed by atoms with Gasteiger partial charge in [0.1, 0.15) is 11.3 Å². The van der Waals surface area contributed by atoms with Crippen LogP contribution in [0.25, 0.3) is 21.0 Å². The molecule has 1 aliphatic heterocycles. The van der Waals surface area contributed by atoms with Crippen LogP contribution in [0.4, 0.5) is 0 Å². The maximum atomic E-state index is 12.7. The summed E-state index contributed by atoms with van der Waals surface area (Å²) in [5.41, 5.74) is 0.947. The van der Waals surface area contributed by atoms with Gasteiger partial charge in [-0.2, -0.15) is 5.10 Å². The first-order chi connectivity index (χ1) is 11.2. The second kappa shape index (κ2) is 5.50. The van der Waals surface area contributed by atoms with Crippen molar-refractivity contribution >= 4 is 38.2 Å². The lowest BCUT2D eigenvalue weighted by molar-refractivity contribution is 0.0306. The highest BCUT2D eigenvalue weighted by molar-refractivity contribution is 7.21. The van der Waals surface area contributed by atoms with Crippen LogP contribution in [0.1, 0.15) is 9.67 Å². The fraction of sp³-hybridized carbons (Fsp3) is 0.375. The van der Waals surface area contributed by atoms with Crippen molar-refractivity contribution in [1.29, 1.82) is 0 Å². The maximum absolute atomic E-state index is 12.7. The Morgan fingerprint density at radius 3 is 2.83 bits per heavy atom. The number of hydrogen-bond donors (Lipinski definition) is 0. The number of carbonyl (C=O) groups excluding carboxylic acids is 1. The molecule has 23 heavy (non-hydrogen) atoms. The highest BCUT2D eigenvalue weighted by Crippen LogP contribution is 2.37. The molecule has 0 bridgehead atoms. The van der Waals surface area contributed by atoms with E-state index in [4.69, 9.17) is 9.47 Å². The van der Waals surface area contributed by atoms with E-state index in [1.165, 1.54) is 11.3 Å². The molecule has 1 aliphatic rings. The number of methoxy groups -OCH3 is 1. The van der Waals surface area contributed by atoms with E-state index in [9.17, 15) is 4.79 Å². The molecule has 4 rings (SSSR count). The number of rotatable bonds is 2. The summed E-state index contributed by atoms with van der Waals surface area (Å²) >= 11 is 1.50. The third-order valence-electron chi connectivity index (χ3n) is 4.21. The van der Waals surface area contributed by atoms with Gasteiger partial charge in [0.05, 0.1) is 31.4 Å². The first kappa shape index (κ1) is 14.5. The second-order valence-corrected chi connectivity index (χ2v) is 6.62. The molecule has 1 amide bonds. The number of amides is 1. The SMILES string of the molecule is COc1cc2sc(C(=O)N3CCOCC3)cc2c2cnn(C)c12. The average molecular weight is 331 g/mol. The quantitative estimate of drug-likeness (QED) is 0.723. The normalized spacial score (nSPS) is 15.5. The fourth-order valence-corrected chi connectivity index (χ4v) is 4.10. The molecule has 1 saturated heterocycles. The number of aryl methyl sites for hydroxylation is 1. The van der Waals surface area contributed by atoms with Gasteiger partial charge in [0.2, 0.25) is 0 Å². The molecule has 1 fully saturated rings. The molecule has 7 heteroatoms. The van der Waals surface area contributed by atoms with Crippen molar-refractivity contribution in [2.45, 2.75) is 0 Å². The Morgan fingerprint density at radius 1 is 1.30 bits per heavy atom. The fourth-order valence-electron chi connectivity index (χ4n) is 3.02. The minimum absolute atomic E-state index is 0.0745. The van der Waals surface area contributed by atoms with E-state index in [1.54, 1.807) is 11.8 Å². The van der Waals surface area contributed by atoms with Gasteiger partial charge in [-0.05, 0) is 6.07 Å². The summed E-state index contributed by atoms with van der Waals surface area (Å²) in [5.74, 6) is 0.852. The van der Waals surface area contributed by atoms with Crippen molar-refractivity contribution in [2.75, 3.05) is 33.4 Å². The Kier molecular flexibility index (Phi) is 3.46. The molecule has 6 nitrogen and oxygen atoms in total. The summed E-state index contributed by atoms with van der Waals surface area (Å²) in [4.78, 5) is 15.3. The van der Waals surface area contributed by atoms with Crippen molar-refractivity contribution in [2.24, 2.45) is 7.05 Å². The number of ether oxygens (including phenoxy) is 2. The number of aromatic nitrogens is 2. The number of carbonyl (C=O) groups is 1. The minimum atomic E-state index is 0.0745. The van der Waals surface area contributed by atoms with Crippen LogP contribution in [0.2, 0.25) is 0 Å². The van der Waals surface area contributed by atoms with Gasteiger partial charge >= 0.3 is 0 Å². The van der Waals surface area contributed by atoms with Gasteiger partial charge in [-0.25, -0.2) is 0 Å². The van der Waals surface area contributed by atoms with Gasteiger partial charge in [-0.3, -0.25) is 9.48 Å². The zero-order chi connectivity index (χ0) is 16.0. The average Bonchev–Trinajstić information content (AvgIpc) is 3.18. The molecule has 3 heterocycles. The van der Waals surface area contributed by atoms with E-state index >= 15 is 0 Å². The van der Waals surface area contributed by atoms with E-state index in [1.807, 2.05) is 30.3 Å². The predicted molar refractivity (Wildman–Crippen MR) is 89.4 cm³/mol. The lowest BCUT2D eigenvalue weighted by Gasteiger charge is -2.26. The van der Waals surface area contributed by atoms with Crippen LogP contribution in [-0.4, -0.2) is 54.0 Å². The van der Waals surface area contributed by atoms with Crippen LogP contribution < -0.4 is 4.74 Å². The van der Waals surface area contributed by atoms with Crippen molar-refractivity contribution in [3.05, 3.63) is 23.2 Å². The van der Waals surface area contributed by atoms with E-state index in [0.29, 0.717) is 26.3 Å². The van der Waals surface area contributed by atoms with Gasteiger partial charge in [-0.1, -0.05) is 0 Å². The number of fused-ring (bicyclic) bond motifs is 3. The van der Waals surface area contributed by atoms with Crippen LogP contribution in [0.15, 0.2) is 18.3 Å². The first-order valence-electron chi connectivity index (χ1n) is 7.48. The standard InChI is InChI=1S/C16H17N3O3S/c1-18-15-11(9-17-18)10-7-14(23-13(10)8-12(15)21-2)16(20)19-3-5-22-6-4-19/h7-9H,3-6H2,1-2H3. The molecule has 2 aromatic heterocycles. The van der Waals surface area contributed by atoms with Crippen LogP contribution in [-0.2, 0) is 11.8 Å². The summed E-state index contributed by atoms with van der Waals surface area (Å²) in [6, 6.07) is 3.96. The number of hydrogen-bond acceptors (Lipinski definition) is 5. The lowest BCUT2D eigenvalue weighted by Crippen LogP contribution is -2.40. The molecular weight excluding hydrogens is 314 g/mol. The maximum Gasteiger partial charge on any atom is 0.264 e. The van der Waals surface area contributed by atoms with Crippen molar-refractivity contribution in [1.82, 2.24) is 14.7 Å². The molecule has 0 saturated carbocycles. The summed E-state index contributed by atoms with van der Waals surface area (Å²) in [6.45, 7) is 2.52. The van der Waals surface area contributed by atoms with Crippen molar-refractivity contribution in [3.63, 3.8) is 0 Å². The molecule has 0 radical (unpaired) electrons. The summed E-state index contributed by atoms with van der Waals surface area (Å²) in [6.07, 6.45) is 1.83. The molecule has 120 valence electrons. The topological polar surface area (TPSA) is 56.6 Å². The molecular formula is C16H17N3O3S. The smallest absolute Gasteiger partial charge is 0.264 e. The number of morpholine rings is 1. The highest BCUT2D eigenvalue weighted by Gasteiger charge is 2.22. The Hall–Kier alpha value is -2.12. The highest BCUT2D eigenvalue weighted by atomic mass is 32.1. The van der Waals surface area contributed by atoms with E-state index in [0.717, 1.165) is 31.6 Å². The first-order valence-corrected chi connectivity index (χ1v) is 8.30. The van der Waals surface area contributed by atoms with Crippen LogP contribution in [0.3, 0.4) is 0 Å². The van der Waals surface area contributed by atoms with Crippen molar-refractivity contribution < 1.29 is 14.3 Å². The Bertz CT molecular complexity index is 893. The lowest BCUT2D eigenvalue weighted by atomic mass is 10.1. The second-order valence-electron chi connectivity index (χ2n) is 5.54. The van der Waals surface area contributed by atoms with Crippen molar-refractivity contribution in [3.8, 4) is 5.75 Å². The molecule has 0 aliphatic carbocycles. The minimum Gasteiger partial charge on any atom is -0.494 e. The van der Waals surface area contributed by atoms with Gasteiger partial charge in [0.25, 0.3) is 5.91 Å². The monoisotopic (exact) mass is 331 g/mol. The molecule has 3 aromatic rings. The van der Waals surface area contributed by atoms with Crippen LogP contribution >= 0.6 is 11.3 Å². The number of thiophene rings is 1. The van der Waals surface area contributed by atoms with Gasteiger partial charge in [0, 0.05) is 41.7 Å². The third-order valence-corrected chi connectivity index (χ3v) is 5.28. The predicted octanol–water partition coefficient (Wildman–Crippen LogP) is 2.27. The molecule has 0 N–H and O–H groups in total. The van der Waals surface area contributed by atoms with E-state index in [-0.39, 0.29) is 5.91 Å². The zero-order valence-corrected chi connectivity index (χ0v) is 13.9. The summed E-state index contributed by atoms with van der Waals surface area (Å²) in [5, 5.41) is 6.39. The Labute approximate surface area is 137 Å². The van der Waals surface area contributed by atoms with E-state index in [2.05, 4.69) is 5.10 Å². The molecule has 1 aromatic carbocycles. The number of nitrogens with zero attached hydrogens (tertiary/aromatic N) is 3. The summed E-state index contributed by atoms with van der Waals surface area (Å²) in [7, 11) is 3.55. The largest absolute Gasteiger partial charge is 0.494 e. The molecule has 0 spiro atoms. The Morgan fingerprint density at radius 2 is 2.09 bits per heavy atom. The third kappa shape index (κ3) is 2.27. The molecule has 0 unspecified atom stereocenters. The number of benzene rings is 1. The summed E-state index contributed by atoms with van der Waals surface area (Å²) < 4.78 is 13.7. The molecule has 0 atom stereocenters. The zero-order valence-electron chi connectivity index (χ0n) is 13.0. The Balaban J connectivity index is 1.84. The van der Waals surface area contributed by atoms with Crippen LogP contribution in [0.5, 0.6) is 5.75 Å². The van der Waals surface area contributed by atoms with Gasteiger partial charge < -0.3 is 14.4 Å².